The molecule has 2 nitrogen and oxygen atoms in total. The van der Waals surface area contributed by atoms with Crippen LogP contribution in [0.25, 0.3) is 0 Å². The summed E-state index contributed by atoms with van der Waals surface area (Å²) < 4.78 is 0. The first-order valence-corrected chi connectivity index (χ1v) is 8.15. The summed E-state index contributed by atoms with van der Waals surface area (Å²) in [7, 11) is 0. The van der Waals surface area contributed by atoms with Crippen molar-refractivity contribution in [3.8, 4) is 0 Å². The first kappa shape index (κ1) is 15.5. The van der Waals surface area contributed by atoms with E-state index in [0.717, 1.165) is 38.5 Å². The minimum Gasteiger partial charge on any atom is -0.396 e. The molecule has 0 aromatic heterocycles. The normalized spacial score (nSPS) is 26.6. The van der Waals surface area contributed by atoms with Crippen LogP contribution in [0.2, 0.25) is 0 Å². The van der Waals surface area contributed by atoms with Gasteiger partial charge in [0.05, 0.1) is 6.10 Å². The van der Waals surface area contributed by atoms with Gasteiger partial charge in [0.2, 0.25) is 0 Å². The Bertz CT molecular complexity index is 363. The average molecular weight is 276 g/mol. The van der Waals surface area contributed by atoms with E-state index < -0.39 is 0 Å². The van der Waals surface area contributed by atoms with Crippen LogP contribution in [0.15, 0.2) is 30.3 Å². The van der Waals surface area contributed by atoms with Crippen LogP contribution < -0.4 is 0 Å². The molecule has 1 aliphatic rings. The van der Waals surface area contributed by atoms with Gasteiger partial charge in [-0.2, -0.15) is 0 Å². The van der Waals surface area contributed by atoms with Crippen LogP contribution in [0.3, 0.4) is 0 Å². The molecule has 3 unspecified atom stereocenters. The highest BCUT2D eigenvalue weighted by Crippen LogP contribution is 2.38. The Labute approximate surface area is 122 Å². The lowest BCUT2D eigenvalue weighted by molar-refractivity contribution is 0.0559. The van der Waals surface area contributed by atoms with Gasteiger partial charge in [0.25, 0.3) is 0 Å². The van der Waals surface area contributed by atoms with Crippen LogP contribution in [0, 0.1) is 5.92 Å². The average Bonchev–Trinajstić information content (AvgIpc) is 2.49. The van der Waals surface area contributed by atoms with E-state index in [0.29, 0.717) is 18.4 Å². The lowest BCUT2D eigenvalue weighted by atomic mass is 9.74. The SMILES string of the molecule is OCCCCCCC1CC(c2ccccc2)CCC1O. The molecule has 0 spiro atoms. The Hall–Kier alpha value is -0.860. The van der Waals surface area contributed by atoms with Gasteiger partial charge in [-0.1, -0.05) is 49.6 Å². The second-order valence-corrected chi connectivity index (χ2v) is 6.17. The molecule has 20 heavy (non-hydrogen) atoms. The number of hydrogen-bond donors (Lipinski definition) is 2. The summed E-state index contributed by atoms with van der Waals surface area (Å²) in [6.07, 6.45) is 8.62. The first-order valence-electron chi connectivity index (χ1n) is 8.15. The molecule has 1 fully saturated rings. The zero-order valence-corrected chi connectivity index (χ0v) is 12.4. The zero-order chi connectivity index (χ0) is 14.2. The van der Waals surface area contributed by atoms with E-state index in [1.807, 2.05) is 0 Å². The lowest BCUT2D eigenvalue weighted by Gasteiger charge is -2.33. The van der Waals surface area contributed by atoms with Gasteiger partial charge in [0, 0.05) is 6.61 Å². The molecule has 0 bridgehead atoms. The molecule has 112 valence electrons. The molecule has 1 aromatic carbocycles. The number of aliphatic hydroxyl groups excluding tert-OH is 2. The van der Waals surface area contributed by atoms with Gasteiger partial charge in [0.1, 0.15) is 0 Å². The fraction of sp³-hybridized carbons (Fsp3) is 0.667. The van der Waals surface area contributed by atoms with Crippen LogP contribution in [-0.4, -0.2) is 22.9 Å². The number of benzene rings is 1. The minimum absolute atomic E-state index is 0.104. The molecule has 2 N–H and O–H groups in total. The topological polar surface area (TPSA) is 40.5 Å². The second kappa shape index (κ2) is 8.43. The monoisotopic (exact) mass is 276 g/mol. The van der Waals surface area contributed by atoms with E-state index in [-0.39, 0.29) is 6.10 Å². The Morgan fingerprint density at radius 1 is 0.950 bits per heavy atom. The second-order valence-electron chi connectivity index (χ2n) is 6.17. The largest absolute Gasteiger partial charge is 0.396 e. The fourth-order valence-electron chi connectivity index (χ4n) is 3.46. The van der Waals surface area contributed by atoms with E-state index in [2.05, 4.69) is 30.3 Å². The van der Waals surface area contributed by atoms with Crippen LogP contribution in [0.4, 0.5) is 0 Å². The third-order valence-electron chi connectivity index (χ3n) is 4.70. The lowest BCUT2D eigenvalue weighted by Crippen LogP contribution is -2.28. The summed E-state index contributed by atoms with van der Waals surface area (Å²) in [6.45, 7) is 0.308. The highest BCUT2D eigenvalue weighted by Gasteiger charge is 2.29. The predicted octanol–water partition coefficient (Wildman–Crippen LogP) is 3.87. The maximum absolute atomic E-state index is 10.2. The van der Waals surface area contributed by atoms with E-state index in [1.54, 1.807) is 0 Å². The fourth-order valence-corrected chi connectivity index (χ4v) is 3.46. The summed E-state index contributed by atoms with van der Waals surface area (Å²) in [5, 5.41) is 19.0. The van der Waals surface area contributed by atoms with Crippen LogP contribution in [-0.2, 0) is 0 Å². The number of hydrogen-bond acceptors (Lipinski definition) is 2. The van der Waals surface area contributed by atoms with Crippen LogP contribution >= 0.6 is 0 Å². The van der Waals surface area contributed by atoms with E-state index in [1.165, 1.54) is 18.4 Å². The molecule has 0 radical (unpaired) electrons. The standard InChI is InChI=1S/C18H28O2/c19-13-7-2-1-4-10-17-14-16(11-12-18(17)20)15-8-5-3-6-9-15/h3,5-6,8-9,16-20H,1-2,4,7,10-14H2. The Kier molecular flexibility index (Phi) is 6.55. The smallest absolute Gasteiger partial charge is 0.0568 e. The van der Waals surface area contributed by atoms with Crippen molar-refractivity contribution in [3.63, 3.8) is 0 Å². The van der Waals surface area contributed by atoms with E-state index >= 15 is 0 Å². The highest BCUT2D eigenvalue weighted by atomic mass is 16.3. The van der Waals surface area contributed by atoms with Crippen LogP contribution in [0.1, 0.15) is 62.8 Å². The summed E-state index contributed by atoms with van der Waals surface area (Å²) in [5.74, 6) is 1.09. The van der Waals surface area contributed by atoms with Crippen molar-refractivity contribution in [3.05, 3.63) is 35.9 Å². The molecule has 0 amide bonds. The maximum atomic E-state index is 10.2. The third kappa shape index (κ3) is 4.60. The van der Waals surface area contributed by atoms with Gasteiger partial charge in [0.15, 0.2) is 0 Å². The highest BCUT2D eigenvalue weighted by molar-refractivity contribution is 5.20. The predicted molar refractivity (Wildman–Crippen MR) is 82.7 cm³/mol. The van der Waals surface area contributed by atoms with Gasteiger partial charge < -0.3 is 10.2 Å². The molecule has 0 aliphatic heterocycles. The molecule has 0 saturated heterocycles. The Morgan fingerprint density at radius 3 is 2.45 bits per heavy atom. The van der Waals surface area contributed by atoms with Gasteiger partial charge in [-0.25, -0.2) is 0 Å². The molecule has 1 saturated carbocycles. The van der Waals surface area contributed by atoms with Crippen molar-refractivity contribution in [2.45, 2.75) is 63.4 Å². The number of unbranched alkanes of at least 4 members (excludes halogenated alkanes) is 3. The van der Waals surface area contributed by atoms with Crippen molar-refractivity contribution in [1.29, 1.82) is 0 Å². The van der Waals surface area contributed by atoms with Gasteiger partial charge in [-0.3, -0.25) is 0 Å². The summed E-state index contributed by atoms with van der Waals surface area (Å²) in [5.41, 5.74) is 1.43. The van der Waals surface area contributed by atoms with Crippen molar-refractivity contribution in [2.75, 3.05) is 6.61 Å². The van der Waals surface area contributed by atoms with Crippen molar-refractivity contribution in [1.82, 2.24) is 0 Å². The molecule has 1 aliphatic carbocycles. The minimum atomic E-state index is -0.104. The third-order valence-corrected chi connectivity index (χ3v) is 4.70. The molecule has 2 heteroatoms. The number of aliphatic hydroxyl groups is 2. The number of rotatable bonds is 7. The quantitative estimate of drug-likeness (QED) is 0.742. The molecule has 1 aromatic rings. The Balaban J connectivity index is 1.79. The van der Waals surface area contributed by atoms with Crippen LogP contribution in [0.5, 0.6) is 0 Å². The summed E-state index contributed by atoms with van der Waals surface area (Å²) >= 11 is 0. The maximum Gasteiger partial charge on any atom is 0.0568 e. The Morgan fingerprint density at radius 2 is 1.70 bits per heavy atom. The molecular weight excluding hydrogens is 248 g/mol. The zero-order valence-electron chi connectivity index (χ0n) is 12.4. The molecule has 3 atom stereocenters. The van der Waals surface area contributed by atoms with Gasteiger partial charge in [-0.15, -0.1) is 0 Å². The summed E-state index contributed by atoms with van der Waals surface area (Å²) in [4.78, 5) is 0. The molecule has 2 rings (SSSR count). The van der Waals surface area contributed by atoms with Crippen molar-refractivity contribution >= 4 is 0 Å². The molecule has 0 heterocycles. The van der Waals surface area contributed by atoms with Crippen molar-refractivity contribution < 1.29 is 10.2 Å². The van der Waals surface area contributed by atoms with Gasteiger partial charge in [-0.05, 0) is 49.5 Å². The van der Waals surface area contributed by atoms with Crippen molar-refractivity contribution in [2.24, 2.45) is 5.92 Å². The van der Waals surface area contributed by atoms with Gasteiger partial charge >= 0.3 is 0 Å². The first-order chi connectivity index (χ1) is 9.81. The van der Waals surface area contributed by atoms with E-state index in [9.17, 15) is 5.11 Å². The summed E-state index contributed by atoms with van der Waals surface area (Å²) in [6, 6.07) is 10.7. The molecular formula is C18H28O2. The van der Waals surface area contributed by atoms with E-state index in [4.69, 9.17) is 5.11 Å².